The quantitative estimate of drug-likeness (QED) is 0.0951. The van der Waals surface area contributed by atoms with Crippen LogP contribution in [0.2, 0.25) is 0 Å². The first-order valence-electron chi connectivity index (χ1n) is 14.9. The standard InChI is InChI=1S/C35H32FN5O6/c1-5-46-31-17-22(4)26(18-25(31)21(2)3)34-39-28-14-8-6-12-24(28)35(43)40(34)37-19-23-11-10-16-30(41(44)45)33(23)47-20-32(42)38-29-15-9-7-13-27(29)36/h6-19,21H,5,20H2,1-4H3,(H,38,42). The lowest BCUT2D eigenvalue weighted by Gasteiger charge is -2.18. The first-order valence-corrected chi connectivity index (χ1v) is 14.9. The van der Waals surface area contributed by atoms with Crippen molar-refractivity contribution >= 4 is 34.4 Å². The maximum atomic E-state index is 14.0. The van der Waals surface area contributed by atoms with E-state index in [1.165, 1.54) is 42.6 Å². The van der Waals surface area contributed by atoms with Crippen LogP contribution in [0.4, 0.5) is 15.8 Å². The van der Waals surface area contributed by atoms with Crippen molar-refractivity contribution in [1.29, 1.82) is 0 Å². The molecule has 1 amide bonds. The number of nitro groups is 1. The number of aryl methyl sites for hydroxylation is 1. The van der Waals surface area contributed by atoms with E-state index in [4.69, 9.17) is 14.5 Å². The molecule has 0 saturated heterocycles. The summed E-state index contributed by atoms with van der Waals surface area (Å²) in [7, 11) is 0. The Bertz CT molecular complexity index is 2070. The van der Waals surface area contributed by atoms with Gasteiger partial charge in [-0.1, -0.05) is 44.2 Å². The number of nitrogens with zero attached hydrogens (tertiary/aromatic N) is 4. The fraction of sp³-hybridized carbons (Fsp3) is 0.200. The molecular weight excluding hydrogens is 605 g/mol. The van der Waals surface area contributed by atoms with E-state index in [1.807, 2.05) is 39.8 Å². The van der Waals surface area contributed by atoms with Crippen molar-refractivity contribution in [3.63, 3.8) is 0 Å². The lowest BCUT2D eigenvalue weighted by atomic mass is 9.96. The van der Waals surface area contributed by atoms with Crippen LogP contribution in [0, 0.1) is 22.9 Å². The summed E-state index contributed by atoms with van der Waals surface area (Å²) in [5, 5.41) is 19.1. The van der Waals surface area contributed by atoms with E-state index < -0.39 is 34.5 Å². The Hall–Kier alpha value is -5.91. The second-order valence-corrected chi connectivity index (χ2v) is 10.9. The topological polar surface area (TPSA) is 138 Å². The summed E-state index contributed by atoms with van der Waals surface area (Å²) in [5.41, 5.74) is 2.01. The van der Waals surface area contributed by atoms with Gasteiger partial charge < -0.3 is 14.8 Å². The number of amides is 1. The Morgan fingerprint density at radius 2 is 1.83 bits per heavy atom. The number of aromatic nitrogens is 2. The van der Waals surface area contributed by atoms with Gasteiger partial charge in [0.05, 0.1) is 34.3 Å². The van der Waals surface area contributed by atoms with Gasteiger partial charge in [-0.3, -0.25) is 19.7 Å². The summed E-state index contributed by atoms with van der Waals surface area (Å²) in [4.78, 5) is 42.5. The van der Waals surface area contributed by atoms with Crippen LogP contribution in [0.25, 0.3) is 22.3 Å². The van der Waals surface area contributed by atoms with Gasteiger partial charge in [-0.05, 0) is 73.4 Å². The van der Waals surface area contributed by atoms with E-state index in [0.717, 1.165) is 21.6 Å². The minimum absolute atomic E-state index is 0.0636. The second kappa shape index (κ2) is 14.0. The fourth-order valence-electron chi connectivity index (χ4n) is 5.03. The van der Waals surface area contributed by atoms with Crippen LogP contribution in [-0.2, 0) is 4.79 Å². The van der Waals surface area contributed by atoms with Gasteiger partial charge >= 0.3 is 5.69 Å². The van der Waals surface area contributed by atoms with Gasteiger partial charge in [-0.25, -0.2) is 9.37 Å². The molecule has 0 bridgehead atoms. The maximum Gasteiger partial charge on any atom is 0.311 e. The number of hydrogen-bond acceptors (Lipinski definition) is 8. The highest BCUT2D eigenvalue weighted by atomic mass is 19.1. The minimum Gasteiger partial charge on any atom is -0.494 e. The van der Waals surface area contributed by atoms with Crippen LogP contribution in [0.5, 0.6) is 11.5 Å². The first-order chi connectivity index (χ1) is 22.6. The molecule has 11 nitrogen and oxygen atoms in total. The summed E-state index contributed by atoms with van der Waals surface area (Å²) < 4.78 is 26.7. The number of hydrogen-bond donors (Lipinski definition) is 1. The molecule has 5 aromatic rings. The van der Waals surface area contributed by atoms with Crippen molar-refractivity contribution in [2.75, 3.05) is 18.5 Å². The van der Waals surface area contributed by atoms with E-state index in [-0.39, 0.29) is 28.7 Å². The minimum atomic E-state index is -0.736. The number of benzene rings is 4. The Kier molecular flexibility index (Phi) is 9.69. The molecule has 47 heavy (non-hydrogen) atoms. The van der Waals surface area contributed by atoms with Crippen LogP contribution >= 0.6 is 0 Å². The van der Waals surface area contributed by atoms with Crippen molar-refractivity contribution in [3.05, 3.63) is 122 Å². The van der Waals surface area contributed by atoms with Crippen LogP contribution in [0.15, 0.2) is 88.8 Å². The third-order valence-corrected chi connectivity index (χ3v) is 7.30. The van der Waals surface area contributed by atoms with Gasteiger partial charge in [-0.15, -0.1) is 0 Å². The largest absolute Gasteiger partial charge is 0.494 e. The third kappa shape index (κ3) is 7.01. The van der Waals surface area contributed by atoms with Crippen molar-refractivity contribution in [2.24, 2.45) is 5.10 Å². The molecular formula is C35H32FN5O6. The number of nitro benzene ring substituents is 1. The molecule has 240 valence electrons. The highest BCUT2D eigenvalue weighted by Crippen LogP contribution is 2.35. The Morgan fingerprint density at radius 1 is 1.09 bits per heavy atom. The molecule has 5 rings (SSSR count). The van der Waals surface area contributed by atoms with E-state index >= 15 is 0 Å². The number of anilines is 1. The van der Waals surface area contributed by atoms with Crippen molar-refractivity contribution < 1.29 is 23.6 Å². The van der Waals surface area contributed by atoms with Crippen LogP contribution in [0.1, 0.15) is 43.4 Å². The zero-order valence-electron chi connectivity index (χ0n) is 26.2. The van der Waals surface area contributed by atoms with Gasteiger partial charge in [0.25, 0.3) is 11.5 Å². The predicted molar refractivity (Wildman–Crippen MR) is 178 cm³/mol. The van der Waals surface area contributed by atoms with Crippen LogP contribution in [0.3, 0.4) is 0 Å². The van der Waals surface area contributed by atoms with E-state index in [2.05, 4.69) is 10.4 Å². The van der Waals surface area contributed by atoms with Gasteiger partial charge in [-0.2, -0.15) is 9.78 Å². The lowest BCUT2D eigenvalue weighted by molar-refractivity contribution is -0.385. The SMILES string of the molecule is CCOc1cc(C)c(-c2nc3ccccc3c(=O)n2N=Cc2cccc([N+](=O)[O-])c2OCC(=O)Nc2ccccc2F)cc1C(C)C. The monoisotopic (exact) mass is 637 g/mol. The molecule has 0 spiro atoms. The average molecular weight is 638 g/mol. The second-order valence-electron chi connectivity index (χ2n) is 10.9. The molecule has 12 heteroatoms. The van der Waals surface area contributed by atoms with Crippen molar-refractivity contribution in [3.8, 4) is 22.9 Å². The average Bonchev–Trinajstić information content (AvgIpc) is 3.04. The predicted octanol–water partition coefficient (Wildman–Crippen LogP) is 6.84. The Labute approximate surface area is 269 Å². The summed E-state index contributed by atoms with van der Waals surface area (Å²) in [6.07, 6.45) is 1.24. The zero-order chi connectivity index (χ0) is 33.7. The number of carbonyl (C=O) groups is 1. The number of halogens is 1. The molecule has 1 heterocycles. The molecule has 1 aromatic heterocycles. The van der Waals surface area contributed by atoms with Crippen molar-refractivity contribution in [1.82, 2.24) is 9.66 Å². The molecule has 0 aliphatic rings. The molecule has 0 saturated carbocycles. The van der Waals surface area contributed by atoms with E-state index in [0.29, 0.717) is 23.1 Å². The van der Waals surface area contributed by atoms with Crippen LogP contribution in [-0.4, -0.2) is 39.9 Å². The van der Waals surface area contributed by atoms with E-state index in [1.54, 1.807) is 30.3 Å². The zero-order valence-corrected chi connectivity index (χ0v) is 26.2. The number of nitrogens with one attached hydrogen (secondary N) is 1. The number of para-hydroxylation sites is 3. The molecule has 0 radical (unpaired) electrons. The fourth-order valence-corrected chi connectivity index (χ4v) is 5.03. The smallest absolute Gasteiger partial charge is 0.311 e. The van der Waals surface area contributed by atoms with Crippen LogP contribution < -0.4 is 20.3 Å². The van der Waals surface area contributed by atoms with E-state index in [9.17, 15) is 24.1 Å². The summed E-state index contributed by atoms with van der Waals surface area (Å²) in [5.74, 6) is -0.551. The molecule has 1 N–H and O–H groups in total. The highest BCUT2D eigenvalue weighted by Gasteiger charge is 2.22. The Morgan fingerprint density at radius 3 is 2.55 bits per heavy atom. The van der Waals surface area contributed by atoms with Crippen molar-refractivity contribution in [2.45, 2.75) is 33.6 Å². The lowest BCUT2D eigenvalue weighted by Crippen LogP contribution is -2.22. The van der Waals surface area contributed by atoms with Gasteiger partial charge in [0.1, 0.15) is 11.6 Å². The Balaban J connectivity index is 1.60. The molecule has 0 unspecified atom stereocenters. The van der Waals surface area contributed by atoms with Gasteiger partial charge in [0.15, 0.2) is 12.4 Å². The molecule has 0 atom stereocenters. The summed E-state index contributed by atoms with van der Waals surface area (Å²) >= 11 is 0. The molecule has 0 aliphatic carbocycles. The molecule has 0 aliphatic heterocycles. The number of fused-ring (bicyclic) bond motifs is 1. The van der Waals surface area contributed by atoms with Gasteiger partial charge in [0.2, 0.25) is 5.75 Å². The molecule has 4 aromatic carbocycles. The number of ether oxygens (including phenoxy) is 2. The third-order valence-electron chi connectivity index (χ3n) is 7.30. The number of rotatable bonds is 11. The summed E-state index contributed by atoms with van der Waals surface area (Å²) in [6, 6.07) is 20.4. The maximum absolute atomic E-state index is 14.0. The summed E-state index contributed by atoms with van der Waals surface area (Å²) in [6.45, 7) is 7.70. The first kappa shape index (κ1) is 32.5. The van der Waals surface area contributed by atoms with Gasteiger partial charge in [0, 0.05) is 17.2 Å². The normalized spacial score (nSPS) is 11.3. The molecule has 0 fully saturated rings. The number of carbonyl (C=O) groups excluding carboxylic acids is 1. The highest BCUT2D eigenvalue weighted by molar-refractivity contribution is 5.92.